The van der Waals surface area contributed by atoms with Gasteiger partial charge in [-0.25, -0.2) is 28.3 Å². The molecule has 0 amide bonds. The van der Waals surface area contributed by atoms with Crippen molar-refractivity contribution in [3.8, 4) is 5.69 Å². The summed E-state index contributed by atoms with van der Waals surface area (Å²) in [6.45, 7) is 1.84. The van der Waals surface area contributed by atoms with E-state index < -0.39 is 16.0 Å². The zero-order valence-corrected chi connectivity index (χ0v) is 16.2. The summed E-state index contributed by atoms with van der Waals surface area (Å²) < 4.78 is 30.2. The van der Waals surface area contributed by atoms with Crippen LogP contribution >= 0.6 is 0 Å². The van der Waals surface area contributed by atoms with Crippen LogP contribution in [-0.4, -0.2) is 35.5 Å². The molecule has 148 valence electrons. The highest BCUT2D eigenvalue weighted by molar-refractivity contribution is 7.89. The van der Waals surface area contributed by atoms with E-state index in [0.717, 1.165) is 0 Å². The minimum Gasteiger partial charge on any atom is -0.462 e. The monoisotopic (exact) mass is 411 g/mol. The van der Waals surface area contributed by atoms with Gasteiger partial charge in [-0.05, 0) is 37.3 Å². The number of rotatable bonds is 4. The smallest absolute Gasteiger partial charge is 0.344 e. The van der Waals surface area contributed by atoms with Gasteiger partial charge in [-0.2, -0.15) is 0 Å². The van der Waals surface area contributed by atoms with Crippen LogP contribution in [0.5, 0.6) is 0 Å². The Labute approximate surface area is 166 Å². The predicted molar refractivity (Wildman–Crippen MR) is 108 cm³/mol. The molecule has 2 aromatic heterocycles. The first-order chi connectivity index (χ1) is 13.8. The highest BCUT2D eigenvalue weighted by Gasteiger charge is 2.26. The van der Waals surface area contributed by atoms with E-state index in [-0.39, 0.29) is 28.4 Å². The molecule has 4 aromatic rings. The Hall–Kier alpha value is -3.50. The zero-order chi connectivity index (χ0) is 20.8. The van der Waals surface area contributed by atoms with Gasteiger partial charge in [0.2, 0.25) is 10.0 Å². The van der Waals surface area contributed by atoms with Gasteiger partial charge in [0.15, 0.2) is 5.65 Å². The zero-order valence-electron chi connectivity index (χ0n) is 15.4. The largest absolute Gasteiger partial charge is 0.462 e. The SMILES string of the molecule is CCOC(=O)c1c(N)n(-c2cccc(S(N)(=O)=O)c2)c2nc3ccccc3nc12. The van der Waals surface area contributed by atoms with Gasteiger partial charge in [-0.15, -0.1) is 0 Å². The minimum absolute atomic E-state index is 0.0420. The maximum absolute atomic E-state index is 12.6. The average molecular weight is 411 g/mol. The molecule has 4 N–H and O–H groups in total. The molecule has 4 rings (SSSR count). The lowest BCUT2D eigenvalue weighted by atomic mass is 10.2. The normalized spacial score (nSPS) is 11.8. The first-order valence-corrected chi connectivity index (χ1v) is 10.2. The van der Waals surface area contributed by atoms with Crippen molar-refractivity contribution in [1.82, 2.24) is 14.5 Å². The Morgan fingerprint density at radius 2 is 1.79 bits per heavy atom. The fraction of sp³-hybridized carbons (Fsp3) is 0.105. The van der Waals surface area contributed by atoms with E-state index in [1.54, 1.807) is 25.1 Å². The van der Waals surface area contributed by atoms with E-state index in [1.807, 2.05) is 12.1 Å². The third-order valence-corrected chi connectivity index (χ3v) is 5.29. The number of esters is 1. The standard InChI is InChI=1S/C19H17N5O4S/c1-2-28-19(25)15-16-18(23-14-9-4-3-8-13(14)22-16)24(17(15)20)11-6-5-7-12(10-11)29(21,26)27/h3-10H,2,20H2,1H3,(H2,21,26,27). The molecule has 29 heavy (non-hydrogen) atoms. The van der Waals surface area contributed by atoms with Crippen LogP contribution in [0, 0.1) is 0 Å². The van der Waals surface area contributed by atoms with Crippen molar-refractivity contribution in [1.29, 1.82) is 0 Å². The number of nitrogens with two attached hydrogens (primary N) is 2. The van der Waals surface area contributed by atoms with Crippen molar-refractivity contribution in [2.75, 3.05) is 12.3 Å². The summed E-state index contributed by atoms with van der Waals surface area (Å²) in [5.74, 6) is -0.596. The third-order valence-electron chi connectivity index (χ3n) is 4.38. The van der Waals surface area contributed by atoms with E-state index in [9.17, 15) is 13.2 Å². The molecule has 0 aliphatic carbocycles. The van der Waals surface area contributed by atoms with Crippen molar-refractivity contribution in [3.05, 3.63) is 54.1 Å². The van der Waals surface area contributed by atoms with Crippen LogP contribution in [0.4, 0.5) is 5.82 Å². The summed E-state index contributed by atoms with van der Waals surface area (Å²) in [4.78, 5) is 21.6. The molecule has 0 atom stereocenters. The summed E-state index contributed by atoms with van der Waals surface area (Å²) in [6, 6.07) is 13.1. The van der Waals surface area contributed by atoms with E-state index in [4.69, 9.17) is 15.6 Å². The number of nitrogens with zero attached hydrogens (tertiary/aromatic N) is 3. The lowest BCUT2D eigenvalue weighted by molar-refractivity contribution is 0.0529. The maximum Gasteiger partial charge on any atom is 0.344 e. The van der Waals surface area contributed by atoms with E-state index in [1.165, 1.54) is 22.8 Å². The van der Waals surface area contributed by atoms with Gasteiger partial charge in [0.1, 0.15) is 16.9 Å². The minimum atomic E-state index is -3.93. The van der Waals surface area contributed by atoms with Crippen molar-refractivity contribution in [3.63, 3.8) is 0 Å². The number of aromatic nitrogens is 3. The quantitative estimate of drug-likeness (QED) is 0.489. The summed E-state index contributed by atoms with van der Waals surface area (Å²) in [6.07, 6.45) is 0. The van der Waals surface area contributed by atoms with Crippen molar-refractivity contribution >= 4 is 44.0 Å². The van der Waals surface area contributed by atoms with Crippen LogP contribution in [0.25, 0.3) is 27.9 Å². The van der Waals surface area contributed by atoms with E-state index in [0.29, 0.717) is 22.4 Å². The second-order valence-corrected chi connectivity index (χ2v) is 7.80. The summed E-state index contributed by atoms with van der Waals surface area (Å²) in [5.41, 5.74) is 8.49. The Kier molecular flexibility index (Phi) is 4.44. The maximum atomic E-state index is 12.6. The van der Waals surface area contributed by atoms with Crippen molar-refractivity contribution in [2.24, 2.45) is 5.14 Å². The fourth-order valence-electron chi connectivity index (χ4n) is 3.13. The molecular formula is C19H17N5O4S. The number of carbonyl (C=O) groups is 1. The van der Waals surface area contributed by atoms with Gasteiger partial charge in [-0.3, -0.25) is 4.57 Å². The van der Waals surface area contributed by atoms with Crippen molar-refractivity contribution in [2.45, 2.75) is 11.8 Å². The fourth-order valence-corrected chi connectivity index (χ4v) is 3.68. The molecule has 2 aromatic carbocycles. The summed E-state index contributed by atoms with van der Waals surface area (Å²) in [5, 5.41) is 5.25. The highest BCUT2D eigenvalue weighted by Crippen LogP contribution is 2.32. The molecule has 0 saturated heterocycles. The second kappa shape index (κ2) is 6.83. The van der Waals surface area contributed by atoms with Crippen molar-refractivity contribution < 1.29 is 17.9 Å². The van der Waals surface area contributed by atoms with Gasteiger partial charge >= 0.3 is 5.97 Å². The Balaban J connectivity index is 2.10. The van der Waals surface area contributed by atoms with Gasteiger partial charge in [-0.1, -0.05) is 18.2 Å². The van der Waals surface area contributed by atoms with Crippen LogP contribution in [0.3, 0.4) is 0 Å². The summed E-state index contributed by atoms with van der Waals surface area (Å²) in [7, 11) is -3.93. The van der Waals surface area contributed by atoms with Gasteiger partial charge in [0.25, 0.3) is 0 Å². The van der Waals surface area contributed by atoms with E-state index >= 15 is 0 Å². The highest BCUT2D eigenvalue weighted by atomic mass is 32.2. The number of anilines is 1. The molecule has 0 spiro atoms. The average Bonchev–Trinajstić information content (AvgIpc) is 2.96. The Morgan fingerprint density at radius 3 is 2.45 bits per heavy atom. The number of benzene rings is 2. The number of hydrogen-bond donors (Lipinski definition) is 2. The number of para-hydroxylation sites is 2. The predicted octanol–water partition coefficient (Wildman–Crippen LogP) is 1.98. The topological polar surface area (TPSA) is 143 Å². The molecule has 0 unspecified atom stereocenters. The number of carbonyl (C=O) groups excluding carboxylic acids is 1. The number of sulfonamides is 1. The Bertz CT molecular complexity index is 1380. The molecule has 10 heteroatoms. The van der Waals surface area contributed by atoms with Crippen LogP contribution in [0.2, 0.25) is 0 Å². The molecule has 0 aliphatic heterocycles. The number of hydrogen-bond acceptors (Lipinski definition) is 7. The molecular weight excluding hydrogens is 394 g/mol. The third kappa shape index (κ3) is 3.18. The molecule has 9 nitrogen and oxygen atoms in total. The number of fused-ring (bicyclic) bond motifs is 2. The number of nitrogen functional groups attached to an aromatic ring is 1. The second-order valence-electron chi connectivity index (χ2n) is 6.24. The lowest BCUT2D eigenvalue weighted by Crippen LogP contribution is -2.13. The van der Waals surface area contributed by atoms with Gasteiger partial charge < -0.3 is 10.5 Å². The number of primary sulfonamides is 1. The van der Waals surface area contributed by atoms with Crippen LogP contribution in [0.1, 0.15) is 17.3 Å². The van der Waals surface area contributed by atoms with Gasteiger partial charge in [0.05, 0.1) is 28.2 Å². The van der Waals surface area contributed by atoms with Crippen LogP contribution < -0.4 is 10.9 Å². The molecule has 2 heterocycles. The van der Waals surface area contributed by atoms with Crippen LogP contribution in [0.15, 0.2) is 53.4 Å². The van der Waals surface area contributed by atoms with Crippen LogP contribution in [-0.2, 0) is 14.8 Å². The molecule has 0 radical (unpaired) electrons. The van der Waals surface area contributed by atoms with E-state index in [2.05, 4.69) is 9.97 Å². The molecule has 0 saturated carbocycles. The molecule has 0 bridgehead atoms. The summed E-state index contributed by atoms with van der Waals surface area (Å²) >= 11 is 0. The first-order valence-electron chi connectivity index (χ1n) is 8.68. The molecule has 0 aliphatic rings. The van der Waals surface area contributed by atoms with Gasteiger partial charge in [0, 0.05) is 0 Å². The number of ether oxygens (including phenoxy) is 1. The first kappa shape index (κ1) is 18.8. The molecule has 0 fully saturated rings. The lowest BCUT2D eigenvalue weighted by Gasteiger charge is -2.09. The Morgan fingerprint density at radius 1 is 1.10 bits per heavy atom.